The number of aliphatic hydroxyl groups is 1. The van der Waals surface area contributed by atoms with Crippen LogP contribution in [-0.4, -0.2) is 5.11 Å². The number of aryl methyl sites for hydroxylation is 1. The molecule has 2 N–H and O–H groups in total. The van der Waals surface area contributed by atoms with E-state index in [9.17, 15) is 0 Å². The third-order valence-corrected chi connectivity index (χ3v) is 3.36. The number of aliphatic hydroxyl groups excluding tert-OH is 1. The Kier molecular flexibility index (Phi) is 4.72. The second-order valence-electron chi connectivity index (χ2n) is 4.99. The molecule has 0 radical (unpaired) electrons. The summed E-state index contributed by atoms with van der Waals surface area (Å²) in [4.78, 5) is 0. The molecule has 1 atom stereocenters. The van der Waals surface area contributed by atoms with E-state index in [2.05, 4.69) is 55.6 Å². The maximum atomic E-state index is 9.01. The Morgan fingerprint density at radius 3 is 2.37 bits per heavy atom. The first-order chi connectivity index (χ1) is 9.19. The Morgan fingerprint density at radius 2 is 1.74 bits per heavy atom. The van der Waals surface area contributed by atoms with Crippen LogP contribution in [0.1, 0.15) is 35.2 Å². The Morgan fingerprint density at radius 1 is 1.05 bits per heavy atom. The first kappa shape index (κ1) is 13.8. The van der Waals surface area contributed by atoms with E-state index >= 15 is 0 Å². The van der Waals surface area contributed by atoms with Gasteiger partial charge in [-0.15, -0.1) is 0 Å². The summed E-state index contributed by atoms with van der Waals surface area (Å²) in [5.41, 5.74) is 4.79. The second kappa shape index (κ2) is 6.50. The van der Waals surface area contributed by atoms with E-state index < -0.39 is 0 Å². The van der Waals surface area contributed by atoms with Gasteiger partial charge in [-0.05, 0) is 30.5 Å². The molecular formula is C17H21NO. The molecule has 2 aromatic carbocycles. The van der Waals surface area contributed by atoms with Crippen LogP contribution in [0.2, 0.25) is 0 Å². The zero-order chi connectivity index (χ0) is 13.7. The molecule has 0 amide bonds. The molecule has 0 unspecified atom stereocenters. The van der Waals surface area contributed by atoms with Gasteiger partial charge in [-0.2, -0.15) is 0 Å². The third kappa shape index (κ3) is 3.91. The van der Waals surface area contributed by atoms with Gasteiger partial charge < -0.3 is 10.4 Å². The summed E-state index contributed by atoms with van der Waals surface area (Å²) in [5.74, 6) is 0. The highest BCUT2D eigenvalue weighted by molar-refractivity contribution is 5.25. The molecule has 0 fully saturated rings. The molecule has 0 aliphatic carbocycles. The van der Waals surface area contributed by atoms with Crippen molar-refractivity contribution in [3.8, 4) is 0 Å². The fourth-order valence-corrected chi connectivity index (χ4v) is 2.09. The summed E-state index contributed by atoms with van der Waals surface area (Å²) in [7, 11) is 0. The second-order valence-corrected chi connectivity index (χ2v) is 4.99. The molecule has 100 valence electrons. The standard InChI is InChI=1S/C17H21NO/c1-13-4-3-5-17(10-13)14(2)18-11-15-6-8-16(12-19)9-7-15/h3-10,14,18-19H,11-12H2,1-2H3/t14-/m0/s1. The fourth-order valence-electron chi connectivity index (χ4n) is 2.09. The highest BCUT2D eigenvalue weighted by atomic mass is 16.3. The molecule has 0 heterocycles. The predicted octanol–water partition coefficient (Wildman–Crippen LogP) is 3.34. The quantitative estimate of drug-likeness (QED) is 0.859. The molecular weight excluding hydrogens is 234 g/mol. The van der Waals surface area contributed by atoms with E-state index in [1.54, 1.807) is 0 Å². The van der Waals surface area contributed by atoms with Crippen molar-refractivity contribution in [3.05, 3.63) is 70.8 Å². The van der Waals surface area contributed by atoms with Gasteiger partial charge in [0.15, 0.2) is 0 Å². The molecule has 0 saturated carbocycles. The van der Waals surface area contributed by atoms with Gasteiger partial charge in [-0.1, -0.05) is 54.1 Å². The van der Waals surface area contributed by atoms with Crippen LogP contribution in [0.15, 0.2) is 48.5 Å². The lowest BCUT2D eigenvalue weighted by molar-refractivity contribution is 0.282. The maximum Gasteiger partial charge on any atom is 0.0681 e. The zero-order valence-corrected chi connectivity index (χ0v) is 11.6. The minimum Gasteiger partial charge on any atom is -0.392 e. The summed E-state index contributed by atoms with van der Waals surface area (Å²) in [6, 6.07) is 17.0. The first-order valence-electron chi connectivity index (χ1n) is 6.67. The Bertz CT molecular complexity index is 519. The molecule has 2 heteroatoms. The highest BCUT2D eigenvalue weighted by Gasteiger charge is 2.04. The van der Waals surface area contributed by atoms with Gasteiger partial charge in [0.05, 0.1) is 6.61 Å². The predicted molar refractivity (Wildman–Crippen MR) is 78.8 cm³/mol. The topological polar surface area (TPSA) is 32.3 Å². The molecule has 2 rings (SSSR count). The maximum absolute atomic E-state index is 9.01. The van der Waals surface area contributed by atoms with Gasteiger partial charge in [-0.3, -0.25) is 0 Å². The Balaban J connectivity index is 1.94. The van der Waals surface area contributed by atoms with Gasteiger partial charge in [0, 0.05) is 12.6 Å². The van der Waals surface area contributed by atoms with Crippen LogP contribution in [0.4, 0.5) is 0 Å². The minimum atomic E-state index is 0.105. The molecule has 0 spiro atoms. The van der Waals surface area contributed by atoms with Gasteiger partial charge in [0.2, 0.25) is 0 Å². The van der Waals surface area contributed by atoms with Crippen LogP contribution >= 0.6 is 0 Å². The van der Waals surface area contributed by atoms with Crippen LogP contribution in [0.5, 0.6) is 0 Å². The Labute approximate surface area is 115 Å². The largest absolute Gasteiger partial charge is 0.392 e. The van der Waals surface area contributed by atoms with Crippen molar-refractivity contribution in [2.75, 3.05) is 0 Å². The van der Waals surface area contributed by atoms with E-state index in [4.69, 9.17) is 5.11 Å². The lowest BCUT2D eigenvalue weighted by atomic mass is 10.1. The van der Waals surface area contributed by atoms with Crippen LogP contribution in [-0.2, 0) is 13.2 Å². The van der Waals surface area contributed by atoms with E-state index in [-0.39, 0.29) is 6.61 Å². The molecule has 0 aliphatic rings. The van der Waals surface area contributed by atoms with E-state index in [0.29, 0.717) is 6.04 Å². The normalized spacial score (nSPS) is 12.4. The van der Waals surface area contributed by atoms with Gasteiger partial charge in [0.1, 0.15) is 0 Å². The van der Waals surface area contributed by atoms with E-state index in [1.807, 2.05) is 12.1 Å². The van der Waals surface area contributed by atoms with Crippen LogP contribution in [0, 0.1) is 6.92 Å². The number of rotatable bonds is 5. The molecule has 0 saturated heterocycles. The van der Waals surface area contributed by atoms with Crippen LogP contribution in [0.3, 0.4) is 0 Å². The monoisotopic (exact) mass is 255 g/mol. The van der Waals surface area contributed by atoms with Crippen molar-refractivity contribution in [1.29, 1.82) is 0 Å². The number of hydrogen-bond acceptors (Lipinski definition) is 2. The highest BCUT2D eigenvalue weighted by Crippen LogP contribution is 2.14. The number of nitrogens with one attached hydrogen (secondary N) is 1. The van der Waals surface area contributed by atoms with Crippen molar-refractivity contribution < 1.29 is 5.11 Å². The van der Waals surface area contributed by atoms with E-state index in [0.717, 1.165) is 12.1 Å². The SMILES string of the molecule is Cc1cccc([C@H](C)NCc2ccc(CO)cc2)c1. The number of hydrogen-bond donors (Lipinski definition) is 2. The minimum absolute atomic E-state index is 0.105. The smallest absolute Gasteiger partial charge is 0.0681 e. The van der Waals surface area contributed by atoms with Crippen molar-refractivity contribution >= 4 is 0 Å². The molecule has 0 bridgehead atoms. The zero-order valence-electron chi connectivity index (χ0n) is 11.6. The molecule has 0 aliphatic heterocycles. The first-order valence-corrected chi connectivity index (χ1v) is 6.67. The van der Waals surface area contributed by atoms with Gasteiger partial charge in [0.25, 0.3) is 0 Å². The molecule has 19 heavy (non-hydrogen) atoms. The summed E-state index contributed by atoms with van der Waals surface area (Å²) >= 11 is 0. The van der Waals surface area contributed by atoms with Crippen molar-refractivity contribution in [1.82, 2.24) is 5.32 Å². The average molecular weight is 255 g/mol. The number of benzene rings is 2. The van der Waals surface area contributed by atoms with Crippen LogP contribution < -0.4 is 5.32 Å². The fraction of sp³-hybridized carbons (Fsp3) is 0.294. The summed E-state index contributed by atoms with van der Waals surface area (Å²) < 4.78 is 0. The summed E-state index contributed by atoms with van der Waals surface area (Å²) in [6.07, 6.45) is 0. The molecule has 2 nitrogen and oxygen atoms in total. The van der Waals surface area contributed by atoms with Gasteiger partial charge in [-0.25, -0.2) is 0 Å². The molecule has 0 aromatic heterocycles. The van der Waals surface area contributed by atoms with Gasteiger partial charge >= 0.3 is 0 Å². The van der Waals surface area contributed by atoms with Crippen molar-refractivity contribution in [2.24, 2.45) is 0 Å². The summed E-state index contributed by atoms with van der Waals surface area (Å²) in [6.45, 7) is 5.23. The molecule has 2 aromatic rings. The van der Waals surface area contributed by atoms with Crippen molar-refractivity contribution in [3.63, 3.8) is 0 Å². The van der Waals surface area contributed by atoms with Crippen molar-refractivity contribution in [2.45, 2.75) is 33.0 Å². The van der Waals surface area contributed by atoms with Crippen LogP contribution in [0.25, 0.3) is 0 Å². The lowest BCUT2D eigenvalue weighted by Crippen LogP contribution is -2.18. The average Bonchev–Trinajstić information content (AvgIpc) is 2.45. The third-order valence-electron chi connectivity index (χ3n) is 3.36. The Hall–Kier alpha value is -1.64. The lowest BCUT2D eigenvalue weighted by Gasteiger charge is -2.15. The van der Waals surface area contributed by atoms with E-state index in [1.165, 1.54) is 16.7 Å². The summed E-state index contributed by atoms with van der Waals surface area (Å²) in [5, 5.41) is 12.5.